The smallest absolute Gasteiger partial charge is 0.416 e. The number of ether oxygens (including phenoxy) is 1. The molecule has 0 aliphatic rings. The number of benzene rings is 3. The molecule has 1 unspecified atom stereocenters. The van der Waals surface area contributed by atoms with Gasteiger partial charge < -0.3 is 24.6 Å². The first-order valence-electron chi connectivity index (χ1n) is 12.4. The summed E-state index contributed by atoms with van der Waals surface area (Å²) in [5.41, 5.74) is 1.58. The van der Waals surface area contributed by atoms with Crippen molar-refractivity contribution < 1.29 is 37.2 Å². The molecule has 0 bridgehead atoms. The monoisotopic (exact) mass is 570 g/mol. The Bertz CT molecular complexity index is 1390. The van der Waals surface area contributed by atoms with Crippen LogP contribution in [0.1, 0.15) is 43.6 Å². The van der Waals surface area contributed by atoms with Gasteiger partial charge in [-0.15, -0.1) is 0 Å². The Morgan fingerprint density at radius 1 is 0.976 bits per heavy atom. The van der Waals surface area contributed by atoms with Crippen LogP contribution in [-0.2, 0) is 25.5 Å². The first kappa shape index (κ1) is 30.7. The third-order valence-corrected chi connectivity index (χ3v) is 5.46. The summed E-state index contributed by atoms with van der Waals surface area (Å²) in [5.74, 6) is 0.248. The van der Waals surface area contributed by atoms with E-state index in [1.165, 1.54) is 32.4 Å². The van der Waals surface area contributed by atoms with Crippen LogP contribution in [-0.4, -0.2) is 37.3 Å². The van der Waals surface area contributed by atoms with Gasteiger partial charge in [-0.2, -0.15) is 13.2 Å². The summed E-state index contributed by atoms with van der Waals surface area (Å²) >= 11 is 0. The van der Waals surface area contributed by atoms with E-state index in [0.29, 0.717) is 34.9 Å². The molecular formula is C29H29F3N4O5. The first-order valence-corrected chi connectivity index (χ1v) is 12.4. The van der Waals surface area contributed by atoms with Gasteiger partial charge in [-0.25, -0.2) is 0 Å². The van der Waals surface area contributed by atoms with Crippen LogP contribution in [0, 0.1) is 0 Å². The molecule has 0 radical (unpaired) electrons. The molecule has 1 amide bonds. The van der Waals surface area contributed by atoms with Crippen molar-refractivity contribution in [3.63, 3.8) is 0 Å². The number of hydrogen-bond donors (Lipinski definition) is 1. The molecule has 0 saturated heterocycles. The highest BCUT2D eigenvalue weighted by Crippen LogP contribution is 2.31. The SMILES string of the molecule is CCON=C(C=NOC(C)c1ccccc1NC(=O)C(C)=NOC)c1ccc(Oc2ccc(C(F)(F)F)cc2)cc1. The molecule has 0 aliphatic heterocycles. The van der Waals surface area contributed by atoms with Crippen molar-refractivity contribution in [3.8, 4) is 11.5 Å². The molecule has 41 heavy (non-hydrogen) atoms. The number of carbonyl (C=O) groups excluding carboxylic acids is 1. The molecular weight excluding hydrogens is 541 g/mol. The highest BCUT2D eigenvalue weighted by Gasteiger charge is 2.30. The first-order chi connectivity index (χ1) is 19.6. The van der Waals surface area contributed by atoms with Crippen molar-refractivity contribution >= 4 is 29.2 Å². The van der Waals surface area contributed by atoms with Crippen LogP contribution in [0.4, 0.5) is 18.9 Å². The van der Waals surface area contributed by atoms with Crippen LogP contribution in [0.25, 0.3) is 0 Å². The summed E-state index contributed by atoms with van der Waals surface area (Å²) in [6.07, 6.45) is -3.58. The highest BCUT2D eigenvalue weighted by molar-refractivity contribution is 6.42. The van der Waals surface area contributed by atoms with Crippen LogP contribution < -0.4 is 10.1 Å². The van der Waals surface area contributed by atoms with Crippen molar-refractivity contribution in [2.75, 3.05) is 19.0 Å². The normalized spacial score (nSPS) is 13.0. The van der Waals surface area contributed by atoms with Gasteiger partial charge in [0, 0.05) is 16.8 Å². The number of rotatable bonds is 12. The van der Waals surface area contributed by atoms with E-state index in [1.807, 2.05) is 0 Å². The molecule has 3 aromatic rings. The third kappa shape index (κ3) is 9.09. The summed E-state index contributed by atoms with van der Waals surface area (Å²) in [6, 6.07) is 18.2. The molecule has 1 atom stereocenters. The molecule has 12 heteroatoms. The minimum absolute atomic E-state index is 0.154. The number of halogens is 3. The van der Waals surface area contributed by atoms with Crippen LogP contribution in [0.2, 0.25) is 0 Å². The summed E-state index contributed by atoms with van der Waals surface area (Å²) in [7, 11) is 1.35. The van der Waals surface area contributed by atoms with E-state index in [0.717, 1.165) is 12.1 Å². The molecule has 1 N–H and O–H groups in total. The fourth-order valence-corrected chi connectivity index (χ4v) is 3.41. The van der Waals surface area contributed by atoms with Gasteiger partial charge in [0.05, 0.1) is 11.8 Å². The van der Waals surface area contributed by atoms with E-state index in [9.17, 15) is 18.0 Å². The fraction of sp³-hybridized carbons (Fsp3) is 0.241. The fourth-order valence-electron chi connectivity index (χ4n) is 3.41. The maximum Gasteiger partial charge on any atom is 0.416 e. The van der Waals surface area contributed by atoms with Gasteiger partial charge in [-0.3, -0.25) is 4.79 Å². The third-order valence-electron chi connectivity index (χ3n) is 5.46. The number of nitrogens with one attached hydrogen (secondary N) is 1. The van der Waals surface area contributed by atoms with Crippen LogP contribution >= 0.6 is 0 Å². The zero-order valence-corrected chi connectivity index (χ0v) is 22.8. The second-order valence-corrected chi connectivity index (χ2v) is 8.43. The predicted octanol–water partition coefficient (Wildman–Crippen LogP) is 6.96. The lowest BCUT2D eigenvalue weighted by molar-refractivity contribution is -0.137. The van der Waals surface area contributed by atoms with E-state index >= 15 is 0 Å². The number of anilines is 1. The van der Waals surface area contributed by atoms with Crippen molar-refractivity contribution in [1.82, 2.24) is 0 Å². The van der Waals surface area contributed by atoms with Gasteiger partial charge in [0.1, 0.15) is 36.6 Å². The van der Waals surface area contributed by atoms with Crippen molar-refractivity contribution in [2.24, 2.45) is 15.5 Å². The molecule has 0 heterocycles. The number of para-hydroxylation sites is 1. The molecule has 0 spiro atoms. The Kier molecular flexibility index (Phi) is 10.8. The maximum atomic E-state index is 12.8. The Morgan fingerprint density at radius 2 is 1.61 bits per heavy atom. The average molecular weight is 571 g/mol. The molecule has 0 fully saturated rings. The molecule has 216 valence electrons. The number of hydrogen-bond acceptors (Lipinski definition) is 8. The molecule has 3 aromatic carbocycles. The van der Waals surface area contributed by atoms with Crippen LogP contribution in [0.5, 0.6) is 11.5 Å². The quantitative estimate of drug-likeness (QED) is 0.187. The number of alkyl halides is 3. The Labute approximate surface area is 235 Å². The van der Waals surface area contributed by atoms with Crippen molar-refractivity contribution in [1.29, 1.82) is 0 Å². The summed E-state index contributed by atoms with van der Waals surface area (Å²) in [4.78, 5) is 27.8. The number of oxime groups is 3. The summed E-state index contributed by atoms with van der Waals surface area (Å²) in [5, 5.41) is 14.6. The van der Waals surface area contributed by atoms with Crippen molar-refractivity contribution in [3.05, 3.63) is 89.5 Å². The van der Waals surface area contributed by atoms with Crippen molar-refractivity contribution in [2.45, 2.75) is 33.1 Å². The standard InChI is InChI=1S/C29H29F3N4O5/c1-5-39-36-27(21-10-14-23(15-11-21)40-24-16-12-22(13-17-24)29(30,31)32)18-33-41-20(3)25-8-6-7-9-26(25)34-28(37)19(2)35-38-4/h6-18,20H,5H2,1-4H3,(H,34,37). The van der Waals surface area contributed by atoms with Gasteiger partial charge in [-0.05, 0) is 75.4 Å². The summed E-state index contributed by atoms with van der Waals surface area (Å²) < 4.78 is 44.0. The van der Waals surface area contributed by atoms with Crippen LogP contribution in [0.3, 0.4) is 0 Å². The molecule has 0 aromatic heterocycles. The van der Waals surface area contributed by atoms with E-state index < -0.39 is 23.8 Å². The van der Waals surface area contributed by atoms with Gasteiger partial charge >= 0.3 is 6.18 Å². The topological polar surface area (TPSA) is 103 Å². The molecule has 0 aliphatic carbocycles. The molecule has 0 saturated carbocycles. The molecule has 9 nitrogen and oxygen atoms in total. The van der Waals surface area contributed by atoms with E-state index in [1.54, 1.807) is 62.4 Å². The lowest BCUT2D eigenvalue weighted by Crippen LogP contribution is -2.21. The van der Waals surface area contributed by atoms with E-state index in [-0.39, 0.29) is 11.5 Å². The van der Waals surface area contributed by atoms with E-state index in [4.69, 9.17) is 14.4 Å². The van der Waals surface area contributed by atoms with Gasteiger partial charge in [0.15, 0.2) is 6.10 Å². The Balaban J connectivity index is 1.69. The lowest BCUT2D eigenvalue weighted by atomic mass is 10.1. The minimum Gasteiger partial charge on any atom is -0.457 e. The Morgan fingerprint density at radius 3 is 2.22 bits per heavy atom. The zero-order valence-electron chi connectivity index (χ0n) is 22.8. The van der Waals surface area contributed by atoms with E-state index in [2.05, 4.69) is 25.6 Å². The largest absolute Gasteiger partial charge is 0.457 e. The molecule has 3 rings (SSSR count). The Hall–Kier alpha value is -4.87. The van der Waals surface area contributed by atoms with Gasteiger partial charge in [0.2, 0.25) is 0 Å². The van der Waals surface area contributed by atoms with Crippen LogP contribution in [0.15, 0.2) is 88.3 Å². The number of nitrogens with zero attached hydrogens (tertiary/aromatic N) is 3. The second kappa shape index (κ2) is 14.5. The van der Waals surface area contributed by atoms with Gasteiger partial charge in [0.25, 0.3) is 5.91 Å². The zero-order chi connectivity index (χ0) is 29.8. The van der Waals surface area contributed by atoms with Gasteiger partial charge in [-0.1, -0.05) is 33.7 Å². The number of carbonyl (C=O) groups is 1. The maximum absolute atomic E-state index is 12.8. The lowest BCUT2D eigenvalue weighted by Gasteiger charge is -2.15. The number of amides is 1. The highest BCUT2D eigenvalue weighted by atomic mass is 19.4. The average Bonchev–Trinajstić information content (AvgIpc) is 2.95. The second-order valence-electron chi connectivity index (χ2n) is 8.43. The summed E-state index contributed by atoms with van der Waals surface area (Å²) in [6.45, 7) is 5.40. The minimum atomic E-state index is -4.42. The predicted molar refractivity (Wildman–Crippen MR) is 149 cm³/mol.